The molecular formula is C15H17N3O3. The summed E-state index contributed by atoms with van der Waals surface area (Å²) in [6.45, 7) is 0.378. The van der Waals surface area contributed by atoms with E-state index < -0.39 is 0 Å². The van der Waals surface area contributed by atoms with E-state index in [0.29, 0.717) is 17.9 Å². The van der Waals surface area contributed by atoms with Crippen LogP contribution >= 0.6 is 0 Å². The van der Waals surface area contributed by atoms with E-state index in [1.165, 1.54) is 0 Å². The first-order valence-electron chi connectivity index (χ1n) is 7.10. The minimum Gasteiger partial charge on any atom is -0.355 e. The van der Waals surface area contributed by atoms with Gasteiger partial charge in [-0.1, -0.05) is 6.07 Å². The monoisotopic (exact) mass is 287 g/mol. The summed E-state index contributed by atoms with van der Waals surface area (Å²) in [6.07, 6.45) is 2.12. The van der Waals surface area contributed by atoms with E-state index in [2.05, 4.69) is 16.0 Å². The molecule has 3 N–H and O–H groups in total. The summed E-state index contributed by atoms with van der Waals surface area (Å²) in [7, 11) is 0. The molecule has 1 atom stereocenters. The van der Waals surface area contributed by atoms with Crippen LogP contribution in [-0.2, 0) is 14.4 Å². The average Bonchev–Trinajstić information content (AvgIpc) is 3.21. The number of rotatable bonds is 4. The molecule has 21 heavy (non-hydrogen) atoms. The second-order valence-corrected chi connectivity index (χ2v) is 5.54. The van der Waals surface area contributed by atoms with Crippen molar-refractivity contribution in [3.05, 3.63) is 24.3 Å². The molecule has 1 saturated carbocycles. The van der Waals surface area contributed by atoms with Crippen molar-refractivity contribution in [2.45, 2.75) is 19.3 Å². The van der Waals surface area contributed by atoms with Gasteiger partial charge in [0.2, 0.25) is 17.7 Å². The molecule has 1 aliphatic carbocycles. The van der Waals surface area contributed by atoms with Crippen molar-refractivity contribution < 1.29 is 14.4 Å². The van der Waals surface area contributed by atoms with E-state index >= 15 is 0 Å². The normalized spacial score (nSPS) is 20.8. The first-order chi connectivity index (χ1) is 10.1. The number of nitrogens with one attached hydrogen (secondary N) is 3. The Balaban J connectivity index is 1.61. The van der Waals surface area contributed by atoms with Crippen LogP contribution in [0.1, 0.15) is 19.3 Å². The van der Waals surface area contributed by atoms with Gasteiger partial charge < -0.3 is 16.0 Å². The lowest BCUT2D eigenvalue weighted by atomic mass is 10.1. The highest BCUT2D eigenvalue weighted by atomic mass is 16.2. The Hall–Kier alpha value is -2.37. The summed E-state index contributed by atoms with van der Waals surface area (Å²) in [4.78, 5) is 34.8. The van der Waals surface area contributed by atoms with Crippen LogP contribution in [0.25, 0.3) is 0 Å². The molecule has 1 unspecified atom stereocenters. The van der Waals surface area contributed by atoms with Gasteiger partial charge in [0.15, 0.2) is 0 Å². The molecule has 1 aromatic carbocycles. The van der Waals surface area contributed by atoms with Crippen molar-refractivity contribution in [1.29, 1.82) is 0 Å². The number of hydrogen-bond acceptors (Lipinski definition) is 3. The van der Waals surface area contributed by atoms with E-state index in [9.17, 15) is 14.4 Å². The molecule has 110 valence electrons. The maximum absolute atomic E-state index is 12.0. The molecule has 3 rings (SSSR count). The average molecular weight is 287 g/mol. The highest BCUT2D eigenvalue weighted by Crippen LogP contribution is 2.30. The lowest BCUT2D eigenvalue weighted by Gasteiger charge is -2.11. The third-order valence-corrected chi connectivity index (χ3v) is 3.69. The van der Waals surface area contributed by atoms with E-state index in [1.54, 1.807) is 24.3 Å². The number of anilines is 2. The fourth-order valence-corrected chi connectivity index (χ4v) is 2.30. The first-order valence-corrected chi connectivity index (χ1v) is 7.10. The zero-order valence-corrected chi connectivity index (χ0v) is 11.5. The second-order valence-electron chi connectivity index (χ2n) is 5.54. The topological polar surface area (TPSA) is 87.3 Å². The van der Waals surface area contributed by atoms with E-state index in [4.69, 9.17) is 0 Å². The minimum absolute atomic E-state index is 0.0315. The largest absolute Gasteiger partial charge is 0.355 e. The number of hydrogen-bond donors (Lipinski definition) is 3. The molecule has 6 heteroatoms. The van der Waals surface area contributed by atoms with Gasteiger partial charge in [-0.3, -0.25) is 14.4 Å². The molecule has 2 aliphatic rings. The Labute approximate surface area is 122 Å². The van der Waals surface area contributed by atoms with Gasteiger partial charge in [-0.2, -0.15) is 0 Å². The Morgan fingerprint density at radius 1 is 1.05 bits per heavy atom. The fraction of sp³-hybridized carbons (Fsp3) is 0.400. The highest BCUT2D eigenvalue weighted by molar-refractivity contribution is 5.98. The molecule has 0 aromatic heterocycles. The minimum atomic E-state index is -0.331. The molecule has 1 aliphatic heterocycles. The molecule has 2 fully saturated rings. The molecule has 3 amide bonds. The molecule has 1 aromatic rings. The van der Waals surface area contributed by atoms with Crippen molar-refractivity contribution in [2.24, 2.45) is 11.8 Å². The Morgan fingerprint density at radius 2 is 1.67 bits per heavy atom. The zero-order chi connectivity index (χ0) is 14.8. The van der Waals surface area contributed by atoms with Gasteiger partial charge in [0.1, 0.15) is 0 Å². The number of carbonyl (C=O) groups is 3. The van der Waals surface area contributed by atoms with E-state index in [-0.39, 0.29) is 36.0 Å². The van der Waals surface area contributed by atoms with Crippen LogP contribution < -0.4 is 16.0 Å². The molecule has 6 nitrogen and oxygen atoms in total. The van der Waals surface area contributed by atoms with Crippen LogP contribution in [0.4, 0.5) is 11.4 Å². The van der Waals surface area contributed by atoms with E-state index in [1.807, 2.05) is 0 Å². The summed E-state index contributed by atoms with van der Waals surface area (Å²) < 4.78 is 0. The SMILES string of the molecule is O=C1CC(C(=O)Nc2cccc(NC(=O)C3CC3)c2)CN1. The summed E-state index contributed by atoms with van der Waals surface area (Å²) in [5, 5.41) is 8.25. The van der Waals surface area contributed by atoms with Crippen LogP contribution in [-0.4, -0.2) is 24.3 Å². The van der Waals surface area contributed by atoms with Gasteiger partial charge in [0, 0.05) is 30.3 Å². The van der Waals surface area contributed by atoms with E-state index in [0.717, 1.165) is 12.8 Å². The van der Waals surface area contributed by atoms with Crippen molar-refractivity contribution in [3.8, 4) is 0 Å². The van der Waals surface area contributed by atoms with Crippen molar-refractivity contribution >= 4 is 29.1 Å². The summed E-state index contributed by atoms with van der Waals surface area (Å²) in [6, 6.07) is 7.05. The van der Waals surface area contributed by atoms with Crippen LogP contribution in [0.15, 0.2) is 24.3 Å². The predicted octanol–water partition coefficient (Wildman–Crippen LogP) is 1.11. The molecular weight excluding hydrogens is 270 g/mol. The lowest BCUT2D eigenvalue weighted by Crippen LogP contribution is -2.24. The van der Waals surface area contributed by atoms with Crippen molar-refractivity contribution in [3.63, 3.8) is 0 Å². The third-order valence-electron chi connectivity index (χ3n) is 3.69. The summed E-state index contributed by atoms with van der Waals surface area (Å²) in [5.74, 6) is -0.440. The molecule has 1 heterocycles. The maximum atomic E-state index is 12.0. The van der Waals surface area contributed by atoms with Crippen molar-refractivity contribution in [1.82, 2.24) is 5.32 Å². The first kappa shape index (κ1) is 13.6. The number of amides is 3. The predicted molar refractivity (Wildman–Crippen MR) is 77.5 cm³/mol. The lowest BCUT2D eigenvalue weighted by molar-refractivity contribution is -0.123. The quantitative estimate of drug-likeness (QED) is 0.775. The Kier molecular flexibility index (Phi) is 3.60. The molecule has 1 saturated heterocycles. The number of benzene rings is 1. The molecule has 0 radical (unpaired) electrons. The van der Waals surface area contributed by atoms with Gasteiger partial charge in [-0.15, -0.1) is 0 Å². The van der Waals surface area contributed by atoms with Gasteiger partial charge in [0.25, 0.3) is 0 Å². The number of carbonyl (C=O) groups excluding carboxylic acids is 3. The second kappa shape index (κ2) is 5.55. The molecule has 0 spiro atoms. The Bertz CT molecular complexity index is 596. The summed E-state index contributed by atoms with van der Waals surface area (Å²) >= 11 is 0. The van der Waals surface area contributed by atoms with Crippen LogP contribution in [0.3, 0.4) is 0 Å². The fourth-order valence-electron chi connectivity index (χ4n) is 2.30. The van der Waals surface area contributed by atoms with Crippen LogP contribution in [0.5, 0.6) is 0 Å². The summed E-state index contributed by atoms with van der Waals surface area (Å²) in [5.41, 5.74) is 1.29. The standard InChI is InChI=1S/C15H17N3O3/c19-13-6-10(8-16-13)15(21)18-12-3-1-2-11(7-12)17-14(20)9-4-5-9/h1-3,7,9-10H,4-6,8H2,(H,16,19)(H,17,20)(H,18,21). The van der Waals surface area contributed by atoms with Crippen LogP contribution in [0, 0.1) is 11.8 Å². The third kappa shape index (κ3) is 3.39. The smallest absolute Gasteiger partial charge is 0.229 e. The van der Waals surface area contributed by atoms with Gasteiger partial charge in [0.05, 0.1) is 5.92 Å². The van der Waals surface area contributed by atoms with Crippen molar-refractivity contribution in [2.75, 3.05) is 17.2 Å². The van der Waals surface area contributed by atoms with Gasteiger partial charge in [-0.05, 0) is 31.0 Å². The zero-order valence-electron chi connectivity index (χ0n) is 11.5. The van der Waals surface area contributed by atoms with Crippen LogP contribution in [0.2, 0.25) is 0 Å². The van der Waals surface area contributed by atoms with Gasteiger partial charge >= 0.3 is 0 Å². The Morgan fingerprint density at radius 3 is 2.19 bits per heavy atom. The maximum Gasteiger partial charge on any atom is 0.229 e. The van der Waals surface area contributed by atoms with Gasteiger partial charge in [-0.25, -0.2) is 0 Å². The molecule has 0 bridgehead atoms. The highest BCUT2D eigenvalue weighted by Gasteiger charge is 2.30.